The second kappa shape index (κ2) is 5.40. The largest absolute Gasteiger partial charge is 0.294 e. The van der Waals surface area contributed by atoms with E-state index in [1.807, 2.05) is 0 Å². The molecule has 0 spiro atoms. The highest BCUT2D eigenvalue weighted by molar-refractivity contribution is 5.97. The maximum Gasteiger partial charge on any atom is 0.195 e. The maximum absolute atomic E-state index is 13.4. The molecule has 20 heavy (non-hydrogen) atoms. The highest BCUT2D eigenvalue weighted by Gasteiger charge is 2.20. The number of hydrogen-bond donors (Lipinski definition) is 0. The van der Waals surface area contributed by atoms with Crippen molar-refractivity contribution in [2.75, 3.05) is 0 Å². The molecule has 2 aromatic carbocycles. The molecule has 0 N–H and O–H groups in total. The van der Waals surface area contributed by atoms with Crippen LogP contribution in [-0.2, 0) is 6.42 Å². The van der Waals surface area contributed by atoms with Gasteiger partial charge in [0, 0.05) is 12.5 Å². The molecular formula is C14H7F5O. The topological polar surface area (TPSA) is 17.1 Å². The lowest BCUT2D eigenvalue weighted by molar-refractivity contribution is 0.0986. The van der Waals surface area contributed by atoms with Crippen molar-refractivity contribution in [1.29, 1.82) is 0 Å². The molecule has 2 aromatic rings. The lowest BCUT2D eigenvalue weighted by Crippen LogP contribution is -2.10. The quantitative estimate of drug-likeness (QED) is 0.476. The van der Waals surface area contributed by atoms with Crippen molar-refractivity contribution in [2.45, 2.75) is 6.42 Å². The molecule has 6 heteroatoms. The Morgan fingerprint density at radius 3 is 2.20 bits per heavy atom. The van der Waals surface area contributed by atoms with Gasteiger partial charge in [0.25, 0.3) is 0 Å². The van der Waals surface area contributed by atoms with Gasteiger partial charge in [-0.15, -0.1) is 0 Å². The highest BCUT2D eigenvalue weighted by Crippen LogP contribution is 2.18. The minimum atomic E-state index is -1.77. The van der Waals surface area contributed by atoms with E-state index in [4.69, 9.17) is 0 Å². The smallest absolute Gasteiger partial charge is 0.195 e. The van der Waals surface area contributed by atoms with E-state index in [-0.39, 0.29) is 5.56 Å². The summed E-state index contributed by atoms with van der Waals surface area (Å²) in [5.41, 5.74) is -0.854. The number of hydrogen-bond acceptors (Lipinski definition) is 1. The van der Waals surface area contributed by atoms with E-state index < -0.39 is 46.9 Å². The van der Waals surface area contributed by atoms with Crippen molar-refractivity contribution < 1.29 is 26.7 Å². The lowest BCUT2D eigenvalue weighted by atomic mass is 10.0. The second-order valence-corrected chi connectivity index (χ2v) is 4.06. The fraction of sp³-hybridized carbons (Fsp3) is 0.0714. The van der Waals surface area contributed by atoms with Crippen LogP contribution in [0.25, 0.3) is 0 Å². The van der Waals surface area contributed by atoms with Gasteiger partial charge in [-0.2, -0.15) is 0 Å². The van der Waals surface area contributed by atoms with Gasteiger partial charge in [-0.25, -0.2) is 22.0 Å². The molecule has 0 aliphatic rings. The number of carbonyl (C=O) groups is 1. The van der Waals surface area contributed by atoms with Crippen LogP contribution in [0.1, 0.15) is 15.9 Å². The van der Waals surface area contributed by atoms with Gasteiger partial charge < -0.3 is 0 Å². The molecule has 0 aliphatic heterocycles. The minimum Gasteiger partial charge on any atom is -0.294 e. The summed E-state index contributed by atoms with van der Waals surface area (Å²) in [4.78, 5) is 11.7. The first-order valence-corrected chi connectivity index (χ1v) is 5.50. The molecule has 0 aromatic heterocycles. The van der Waals surface area contributed by atoms with E-state index in [1.54, 1.807) is 0 Å². The number of Topliss-reactive ketones (excluding diaryl/α,β-unsaturated/α-hetero) is 1. The predicted molar refractivity (Wildman–Crippen MR) is 60.7 cm³/mol. The van der Waals surface area contributed by atoms with Gasteiger partial charge in [0.1, 0.15) is 11.6 Å². The van der Waals surface area contributed by atoms with Gasteiger partial charge in [-0.3, -0.25) is 4.79 Å². The molecular weight excluding hydrogens is 279 g/mol. The molecule has 0 radical (unpaired) electrons. The SMILES string of the molecule is O=C(Cc1ccc(F)cc1F)c1ccc(F)c(F)c1F. The zero-order chi connectivity index (χ0) is 14.9. The molecule has 104 valence electrons. The maximum atomic E-state index is 13.4. The van der Waals surface area contributed by atoms with E-state index in [2.05, 4.69) is 0 Å². The van der Waals surface area contributed by atoms with Crippen LogP contribution in [0.3, 0.4) is 0 Å². The lowest BCUT2D eigenvalue weighted by Gasteiger charge is -2.05. The van der Waals surface area contributed by atoms with Crippen molar-refractivity contribution in [3.63, 3.8) is 0 Å². The summed E-state index contributed by atoms with van der Waals surface area (Å²) in [6, 6.07) is 3.92. The Kier molecular flexibility index (Phi) is 3.83. The van der Waals surface area contributed by atoms with Crippen molar-refractivity contribution in [3.05, 3.63) is 70.5 Å². The van der Waals surface area contributed by atoms with Gasteiger partial charge in [0.2, 0.25) is 0 Å². The summed E-state index contributed by atoms with van der Waals surface area (Å²) in [6.07, 6.45) is -0.589. The fourth-order valence-corrected chi connectivity index (χ4v) is 1.67. The zero-order valence-corrected chi connectivity index (χ0v) is 9.89. The highest BCUT2D eigenvalue weighted by atomic mass is 19.2. The average Bonchev–Trinajstić information content (AvgIpc) is 2.39. The Labute approximate surface area is 110 Å². The van der Waals surface area contributed by atoms with E-state index in [1.165, 1.54) is 0 Å². The van der Waals surface area contributed by atoms with Crippen LogP contribution in [0.2, 0.25) is 0 Å². The van der Waals surface area contributed by atoms with Crippen molar-refractivity contribution in [1.82, 2.24) is 0 Å². The molecule has 0 fully saturated rings. The van der Waals surface area contributed by atoms with Crippen LogP contribution in [-0.4, -0.2) is 5.78 Å². The summed E-state index contributed by atoms with van der Waals surface area (Å²) in [5.74, 6) is -7.55. The Balaban J connectivity index is 2.31. The third-order valence-electron chi connectivity index (χ3n) is 2.70. The predicted octanol–water partition coefficient (Wildman–Crippen LogP) is 3.81. The van der Waals surface area contributed by atoms with Crippen LogP contribution in [0, 0.1) is 29.1 Å². The van der Waals surface area contributed by atoms with Gasteiger partial charge in [-0.1, -0.05) is 6.07 Å². The zero-order valence-electron chi connectivity index (χ0n) is 9.89. The summed E-state index contributed by atoms with van der Waals surface area (Å²) < 4.78 is 65.2. The monoisotopic (exact) mass is 286 g/mol. The van der Waals surface area contributed by atoms with E-state index in [9.17, 15) is 26.7 Å². The molecule has 0 amide bonds. The van der Waals surface area contributed by atoms with Crippen LogP contribution < -0.4 is 0 Å². The van der Waals surface area contributed by atoms with Crippen LogP contribution in [0.15, 0.2) is 30.3 Å². The number of benzene rings is 2. The third kappa shape index (κ3) is 2.68. The number of ketones is 1. The third-order valence-corrected chi connectivity index (χ3v) is 2.70. The molecule has 0 atom stereocenters. The van der Waals surface area contributed by atoms with Gasteiger partial charge in [0.05, 0.1) is 5.56 Å². The molecule has 0 saturated heterocycles. The summed E-state index contributed by atoms with van der Waals surface area (Å²) in [7, 11) is 0. The molecule has 0 bridgehead atoms. The summed E-state index contributed by atoms with van der Waals surface area (Å²) in [6.45, 7) is 0. The standard InChI is InChI=1S/C14H7F5O/c15-8-2-1-7(11(17)6-8)5-12(20)9-3-4-10(16)14(19)13(9)18/h1-4,6H,5H2. The first-order chi connectivity index (χ1) is 9.40. The van der Waals surface area contributed by atoms with E-state index in [0.29, 0.717) is 12.1 Å². The van der Waals surface area contributed by atoms with Crippen LogP contribution >= 0.6 is 0 Å². The minimum absolute atomic E-state index is 0.166. The van der Waals surface area contributed by atoms with Crippen LogP contribution in [0.5, 0.6) is 0 Å². The Bertz CT molecular complexity index is 682. The Hall–Kier alpha value is -2.24. The van der Waals surface area contributed by atoms with Gasteiger partial charge in [-0.05, 0) is 23.8 Å². The van der Waals surface area contributed by atoms with Gasteiger partial charge >= 0.3 is 0 Å². The molecule has 0 saturated carbocycles. The van der Waals surface area contributed by atoms with E-state index >= 15 is 0 Å². The van der Waals surface area contributed by atoms with Crippen molar-refractivity contribution in [3.8, 4) is 0 Å². The van der Waals surface area contributed by atoms with Gasteiger partial charge in [0.15, 0.2) is 23.2 Å². The molecule has 0 aliphatic carbocycles. The summed E-state index contributed by atoms with van der Waals surface area (Å²) >= 11 is 0. The second-order valence-electron chi connectivity index (χ2n) is 4.06. The normalized spacial score (nSPS) is 10.7. The number of halogens is 5. The van der Waals surface area contributed by atoms with Crippen molar-refractivity contribution in [2.24, 2.45) is 0 Å². The Morgan fingerprint density at radius 2 is 1.55 bits per heavy atom. The first kappa shape index (κ1) is 14.2. The fourth-order valence-electron chi connectivity index (χ4n) is 1.67. The first-order valence-electron chi connectivity index (χ1n) is 5.50. The Morgan fingerprint density at radius 1 is 0.850 bits per heavy atom. The molecule has 0 heterocycles. The molecule has 2 rings (SSSR count). The molecule has 1 nitrogen and oxygen atoms in total. The summed E-state index contributed by atoms with van der Waals surface area (Å²) in [5, 5.41) is 0. The average molecular weight is 286 g/mol. The van der Waals surface area contributed by atoms with Crippen molar-refractivity contribution >= 4 is 5.78 Å². The number of rotatable bonds is 3. The number of carbonyl (C=O) groups excluding carboxylic acids is 1. The van der Waals surface area contributed by atoms with E-state index in [0.717, 1.165) is 18.2 Å². The molecule has 0 unspecified atom stereocenters. The van der Waals surface area contributed by atoms with Crippen LogP contribution in [0.4, 0.5) is 22.0 Å².